The van der Waals surface area contributed by atoms with Crippen LogP contribution in [0, 0.1) is 0 Å². The average molecular weight is 219 g/mol. The van der Waals surface area contributed by atoms with E-state index >= 15 is 0 Å². The Bertz CT molecular complexity index is 378. The Morgan fingerprint density at radius 3 is 3.12 bits per heavy atom. The highest BCUT2D eigenvalue weighted by Crippen LogP contribution is 2.27. The normalized spacial score (nSPS) is 13.9. The summed E-state index contributed by atoms with van der Waals surface area (Å²) in [5.74, 6) is 0.0826. The van der Waals surface area contributed by atoms with Crippen LogP contribution in [0.2, 0.25) is 0 Å². The lowest BCUT2D eigenvalue weighted by Gasteiger charge is -2.31. The fraction of sp³-hybridized carbons (Fsp3) is 0.417. The Morgan fingerprint density at radius 2 is 2.31 bits per heavy atom. The molecule has 0 unspecified atom stereocenters. The lowest BCUT2D eigenvalue weighted by Crippen LogP contribution is -2.41. The lowest BCUT2D eigenvalue weighted by molar-refractivity contribution is -0.119. The Morgan fingerprint density at radius 1 is 1.50 bits per heavy atom. The van der Waals surface area contributed by atoms with Crippen molar-refractivity contribution in [2.75, 3.05) is 36.4 Å². The maximum atomic E-state index is 11.5. The first-order chi connectivity index (χ1) is 7.81. The van der Waals surface area contributed by atoms with Crippen LogP contribution in [0.3, 0.4) is 0 Å². The van der Waals surface area contributed by atoms with Crippen LogP contribution in [0.25, 0.3) is 0 Å². The molecule has 0 aromatic heterocycles. The molecule has 1 aliphatic rings. The molecule has 86 valence electrons. The van der Waals surface area contributed by atoms with E-state index in [1.807, 2.05) is 31.2 Å². The smallest absolute Gasteiger partial charge is 0.239 e. The van der Waals surface area contributed by atoms with Crippen LogP contribution in [-0.2, 0) is 4.79 Å². The first-order valence-electron chi connectivity index (χ1n) is 5.66. The molecule has 16 heavy (non-hydrogen) atoms. The summed E-state index contributed by atoms with van der Waals surface area (Å²) in [6.07, 6.45) is 0. The van der Waals surface area contributed by atoms with Crippen LogP contribution >= 0.6 is 0 Å². The average Bonchev–Trinajstić information content (AvgIpc) is 2.30. The van der Waals surface area contributed by atoms with Crippen LogP contribution in [0.15, 0.2) is 24.3 Å². The number of carbonyl (C=O) groups excluding carboxylic acids is 1. The number of amides is 1. The van der Waals surface area contributed by atoms with E-state index in [1.165, 1.54) is 0 Å². The largest absolute Gasteiger partial charge is 0.382 e. The molecule has 1 aromatic rings. The topological polar surface area (TPSA) is 44.4 Å². The summed E-state index contributed by atoms with van der Waals surface area (Å²) >= 11 is 0. The van der Waals surface area contributed by atoms with E-state index in [9.17, 15) is 4.79 Å². The van der Waals surface area contributed by atoms with Crippen molar-refractivity contribution in [1.82, 2.24) is 5.32 Å². The third kappa shape index (κ3) is 2.27. The van der Waals surface area contributed by atoms with Crippen LogP contribution in [0.1, 0.15) is 6.92 Å². The van der Waals surface area contributed by atoms with E-state index in [-0.39, 0.29) is 5.91 Å². The third-order valence-corrected chi connectivity index (χ3v) is 2.65. The molecule has 4 heteroatoms. The van der Waals surface area contributed by atoms with Gasteiger partial charge in [-0.05, 0) is 19.1 Å². The molecule has 1 amide bonds. The first kappa shape index (κ1) is 10.8. The molecule has 0 bridgehead atoms. The highest BCUT2D eigenvalue weighted by Gasteiger charge is 2.17. The van der Waals surface area contributed by atoms with Gasteiger partial charge in [0, 0.05) is 19.6 Å². The number of rotatable bonds is 3. The van der Waals surface area contributed by atoms with Crippen molar-refractivity contribution >= 4 is 17.3 Å². The fourth-order valence-electron chi connectivity index (χ4n) is 1.94. The number of nitrogens with one attached hydrogen (secondary N) is 2. The van der Waals surface area contributed by atoms with Crippen molar-refractivity contribution in [3.8, 4) is 0 Å². The number of hydrogen-bond donors (Lipinski definition) is 2. The molecular formula is C12H17N3O. The van der Waals surface area contributed by atoms with E-state index in [0.29, 0.717) is 13.1 Å². The maximum absolute atomic E-state index is 11.5. The molecule has 2 N–H and O–H groups in total. The van der Waals surface area contributed by atoms with Crippen LogP contribution in [0.4, 0.5) is 11.4 Å². The number of para-hydroxylation sites is 2. The van der Waals surface area contributed by atoms with Crippen LogP contribution in [-0.4, -0.2) is 32.1 Å². The minimum atomic E-state index is 0.0826. The first-order valence-corrected chi connectivity index (χ1v) is 5.66. The zero-order valence-corrected chi connectivity index (χ0v) is 9.49. The van der Waals surface area contributed by atoms with Crippen molar-refractivity contribution in [2.24, 2.45) is 0 Å². The molecule has 0 atom stereocenters. The zero-order valence-electron chi connectivity index (χ0n) is 9.49. The molecule has 0 aliphatic carbocycles. The Balaban J connectivity index is 2.10. The van der Waals surface area contributed by atoms with Gasteiger partial charge in [-0.15, -0.1) is 0 Å². The predicted molar refractivity (Wildman–Crippen MR) is 65.8 cm³/mol. The summed E-state index contributed by atoms with van der Waals surface area (Å²) in [5, 5.41) is 6.15. The molecule has 0 fully saturated rings. The summed E-state index contributed by atoms with van der Waals surface area (Å²) in [4.78, 5) is 13.7. The minimum absolute atomic E-state index is 0.0826. The van der Waals surface area contributed by atoms with Gasteiger partial charge in [-0.25, -0.2) is 0 Å². The van der Waals surface area contributed by atoms with E-state index in [4.69, 9.17) is 0 Å². The van der Waals surface area contributed by atoms with Gasteiger partial charge in [0.25, 0.3) is 0 Å². The van der Waals surface area contributed by atoms with Gasteiger partial charge in [0.15, 0.2) is 0 Å². The SMILES string of the molecule is CCNC(=O)CN1CCNc2ccccc21. The number of nitrogens with zero attached hydrogens (tertiary/aromatic N) is 1. The zero-order chi connectivity index (χ0) is 11.4. The second kappa shape index (κ2) is 4.88. The third-order valence-electron chi connectivity index (χ3n) is 2.65. The van der Waals surface area contributed by atoms with Gasteiger partial charge in [0.2, 0.25) is 5.91 Å². The van der Waals surface area contributed by atoms with Crippen molar-refractivity contribution in [1.29, 1.82) is 0 Å². The quantitative estimate of drug-likeness (QED) is 0.799. The molecule has 0 saturated heterocycles. The van der Waals surface area contributed by atoms with Gasteiger partial charge >= 0.3 is 0 Å². The van der Waals surface area contributed by atoms with Crippen LogP contribution in [0.5, 0.6) is 0 Å². The summed E-state index contributed by atoms with van der Waals surface area (Å²) in [6, 6.07) is 8.08. The van der Waals surface area contributed by atoms with Crippen molar-refractivity contribution in [3.05, 3.63) is 24.3 Å². The van der Waals surface area contributed by atoms with Gasteiger partial charge in [-0.3, -0.25) is 4.79 Å². The Labute approximate surface area is 95.6 Å². The molecule has 0 saturated carbocycles. The van der Waals surface area contributed by atoms with Crippen molar-refractivity contribution in [2.45, 2.75) is 6.92 Å². The van der Waals surface area contributed by atoms with Crippen molar-refractivity contribution in [3.63, 3.8) is 0 Å². The summed E-state index contributed by atoms with van der Waals surface area (Å²) in [5.41, 5.74) is 2.22. The highest BCUT2D eigenvalue weighted by atomic mass is 16.2. The van der Waals surface area contributed by atoms with Gasteiger partial charge in [-0.2, -0.15) is 0 Å². The van der Waals surface area contributed by atoms with Gasteiger partial charge in [0.05, 0.1) is 17.9 Å². The van der Waals surface area contributed by atoms with Gasteiger partial charge in [0.1, 0.15) is 0 Å². The molecule has 0 radical (unpaired) electrons. The number of anilines is 2. The molecule has 0 spiro atoms. The fourth-order valence-corrected chi connectivity index (χ4v) is 1.94. The van der Waals surface area contributed by atoms with E-state index < -0.39 is 0 Å². The number of likely N-dealkylation sites (N-methyl/N-ethyl adjacent to an activating group) is 1. The molecule has 4 nitrogen and oxygen atoms in total. The summed E-state index contributed by atoms with van der Waals surface area (Å²) in [7, 11) is 0. The highest BCUT2D eigenvalue weighted by molar-refractivity contribution is 5.84. The van der Waals surface area contributed by atoms with Gasteiger partial charge < -0.3 is 15.5 Å². The minimum Gasteiger partial charge on any atom is -0.382 e. The lowest BCUT2D eigenvalue weighted by atomic mass is 10.2. The monoisotopic (exact) mass is 219 g/mol. The summed E-state index contributed by atoms with van der Waals surface area (Å²) < 4.78 is 0. The summed E-state index contributed by atoms with van der Waals surface area (Å²) in [6.45, 7) is 4.81. The van der Waals surface area contributed by atoms with E-state index in [0.717, 1.165) is 24.5 Å². The molecule has 1 aliphatic heterocycles. The number of benzene rings is 1. The second-order valence-electron chi connectivity index (χ2n) is 3.82. The molecule has 1 aromatic carbocycles. The number of hydrogen-bond acceptors (Lipinski definition) is 3. The second-order valence-corrected chi connectivity index (χ2v) is 3.82. The number of carbonyl (C=O) groups is 1. The Kier molecular flexibility index (Phi) is 3.29. The number of fused-ring (bicyclic) bond motifs is 1. The molecule has 1 heterocycles. The van der Waals surface area contributed by atoms with E-state index in [1.54, 1.807) is 0 Å². The Hall–Kier alpha value is -1.71. The predicted octanol–water partition coefficient (Wildman–Crippen LogP) is 1.05. The van der Waals surface area contributed by atoms with Crippen molar-refractivity contribution < 1.29 is 4.79 Å². The molecule has 2 rings (SSSR count). The van der Waals surface area contributed by atoms with E-state index in [2.05, 4.69) is 15.5 Å². The van der Waals surface area contributed by atoms with Crippen LogP contribution < -0.4 is 15.5 Å². The molecular weight excluding hydrogens is 202 g/mol. The standard InChI is InChI=1S/C12H17N3O/c1-2-13-12(16)9-15-8-7-14-10-5-3-4-6-11(10)15/h3-6,14H,2,7-9H2,1H3,(H,13,16). The maximum Gasteiger partial charge on any atom is 0.239 e. The van der Waals surface area contributed by atoms with Gasteiger partial charge in [-0.1, -0.05) is 12.1 Å².